The summed E-state index contributed by atoms with van der Waals surface area (Å²) in [5.41, 5.74) is 4.28. The molecule has 2 bridgehead atoms. The highest BCUT2D eigenvalue weighted by Crippen LogP contribution is 2.47. The lowest BCUT2D eigenvalue weighted by molar-refractivity contribution is -0.137. The molecule has 2 amide bonds. The summed E-state index contributed by atoms with van der Waals surface area (Å²) < 4.78 is 5.58. The first kappa shape index (κ1) is 22.4. The van der Waals surface area contributed by atoms with Crippen molar-refractivity contribution in [1.29, 1.82) is 0 Å². The van der Waals surface area contributed by atoms with Gasteiger partial charge in [0.1, 0.15) is 12.6 Å². The fourth-order valence-electron chi connectivity index (χ4n) is 6.03. The molecule has 2 fully saturated rings. The van der Waals surface area contributed by atoms with Crippen molar-refractivity contribution in [3.8, 4) is 11.1 Å². The van der Waals surface area contributed by atoms with E-state index in [2.05, 4.69) is 22.8 Å². The monoisotopic (exact) mass is 462 g/mol. The van der Waals surface area contributed by atoms with Crippen LogP contribution in [0.4, 0.5) is 4.79 Å². The maximum atomic E-state index is 13.0. The van der Waals surface area contributed by atoms with Crippen molar-refractivity contribution in [2.24, 2.45) is 5.92 Å². The molecule has 7 nitrogen and oxygen atoms in total. The lowest BCUT2D eigenvalue weighted by Gasteiger charge is -2.30. The molecule has 7 heteroatoms. The van der Waals surface area contributed by atoms with Crippen LogP contribution in [0.25, 0.3) is 11.1 Å². The number of alkyl carbamates (subject to hydrolysis) is 1. The molecule has 34 heavy (non-hydrogen) atoms. The van der Waals surface area contributed by atoms with Crippen molar-refractivity contribution in [1.82, 2.24) is 10.6 Å². The Hall–Kier alpha value is -3.35. The van der Waals surface area contributed by atoms with Crippen LogP contribution in [0.5, 0.6) is 0 Å². The minimum atomic E-state index is -1.01. The zero-order valence-electron chi connectivity index (χ0n) is 19.1. The van der Waals surface area contributed by atoms with Gasteiger partial charge in [0.15, 0.2) is 0 Å². The zero-order valence-corrected chi connectivity index (χ0v) is 19.1. The lowest BCUT2D eigenvalue weighted by Crippen LogP contribution is -2.54. The van der Waals surface area contributed by atoms with Crippen LogP contribution in [0.3, 0.4) is 0 Å². The Balaban J connectivity index is 1.24. The highest BCUT2D eigenvalue weighted by atomic mass is 16.5. The van der Waals surface area contributed by atoms with E-state index in [1.165, 1.54) is 0 Å². The van der Waals surface area contributed by atoms with Gasteiger partial charge in [0.25, 0.3) is 0 Å². The molecule has 3 aliphatic carbocycles. The van der Waals surface area contributed by atoms with Crippen molar-refractivity contribution in [3.63, 3.8) is 0 Å². The summed E-state index contributed by atoms with van der Waals surface area (Å²) >= 11 is 0. The van der Waals surface area contributed by atoms with E-state index in [0.29, 0.717) is 5.92 Å². The van der Waals surface area contributed by atoms with Gasteiger partial charge in [0.05, 0.1) is 0 Å². The number of amides is 2. The summed E-state index contributed by atoms with van der Waals surface area (Å²) in [5.74, 6) is -0.755. The average Bonchev–Trinajstić information content (AvgIpc) is 3.51. The lowest BCUT2D eigenvalue weighted by atomic mass is 9.93. The third-order valence-electron chi connectivity index (χ3n) is 7.73. The molecule has 1 atom stereocenters. The van der Waals surface area contributed by atoms with E-state index in [1.807, 2.05) is 36.4 Å². The number of rotatable bonds is 8. The van der Waals surface area contributed by atoms with Gasteiger partial charge in [-0.15, -0.1) is 0 Å². The maximum Gasteiger partial charge on any atom is 0.407 e. The number of fused-ring (bicyclic) bond motifs is 5. The van der Waals surface area contributed by atoms with Crippen LogP contribution in [0.15, 0.2) is 48.5 Å². The number of carbonyl (C=O) groups is 3. The van der Waals surface area contributed by atoms with Gasteiger partial charge in [-0.3, -0.25) is 9.59 Å². The van der Waals surface area contributed by atoms with Gasteiger partial charge in [0, 0.05) is 17.9 Å². The van der Waals surface area contributed by atoms with Gasteiger partial charge < -0.3 is 20.5 Å². The van der Waals surface area contributed by atoms with E-state index in [4.69, 9.17) is 9.84 Å². The maximum absolute atomic E-state index is 13.0. The van der Waals surface area contributed by atoms with E-state index in [0.717, 1.165) is 54.4 Å². The second-order valence-corrected chi connectivity index (χ2v) is 9.87. The van der Waals surface area contributed by atoms with Crippen LogP contribution >= 0.6 is 0 Å². The predicted octanol–water partition coefficient (Wildman–Crippen LogP) is 4.21. The van der Waals surface area contributed by atoms with Crippen LogP contribution in [0, 0.1) is 5.92 Å². The SMILES string of the molecule is O=C(O)CCC(NC(=O)OCC1c2ccccc2-c2ccccc21)C(=O)NC12CCC(CC1)C2. The van der Waals surface area contributed by atoms with Gasteiger partial charge in [-0.05, 0) is 66.7 Å². The third-order valence-corrected chi connectivity index (χ3v) is 7.73. The topological polar surface area (TPSA) is 105 Å². The summed E-state index contributed by atoms with van der Waals surface area (Å²) in [6.45, 7) is 0.138. The van der Waals surface area contributed by atoms with Crippen LogP contribution in [-0.2, 0) is 14.3 Å². The number of nitrogens with one attached hydrogen (secondary N) is 2. The fourth-order valence-corrected chi connectivity index (χ4v) is 6.03. The Bertz CT molecular complexity index is 1060. The smallest absolute Gasteiger partial charge is 0.407 e. The van der Waals surface area contributed by atoms with Crippen LogP contribution in [-0.4, -0.2) is 41.3 Å². The summed E-state index contributed by atoms with van der Waals surface area (Å²) in [7, 11) is 0. The molecule has 0 heterocycles. The summed E-state index contributed by atoms with van der Waals surface area (Å²) in [5, 5.41) is 14.9. The van der Waals surface area contributed by atoms with Crippen LogP contribution < -0.4 is 10.6 Å². The van der Waals surface area contributed by atoms with Crippen molar-refractivity contribution < 1.29 is 24.2 Å². The molecular formula is C27H30N2O5. The normalized spacial score (nSPS) is 23.1. The first-order valence-electron chi connectivity index (χ1n) is 12.1. The van der Waals surface area contributed by atoms with Crippen molar-refractivity contribution in [2.75, 3.05) is 6.61 Å². The Labute approximate surface area is 198 Å². The third kappa shape index (κ3) is 4.39. The zero-order chi connectivity index (χ0) is 23.7. The van der Waals surface area contributed by atoms with Gasteiger partial charge >= 0.3 is 12.1 Å². The molecule has 3 aliphatic rings. The molecule has 0 spiro atoms. The van der Waals surface area contributed by atoms with Gasteiger partial charge in [0.2, 0.25) is 5.91 Å². The number of carboxylic acid groups (broad SMARTS) is 1. The molecule has 2 saturated carbocycles. The van der Waals surface area contributed by atoms with E-state index in [9.17, 15) is 14.4 Å². The summed E-state index contributed by atoms with van der Waals surface area (Å²) in [6, 6.07) is 15.2. The fraction of sp³-hybridized carbons (Fsp3) is 0.444. The van der Waals surface area contributed by atoms with Crippen molar-refractivity contribution >= 4 is 18.0 Å². The van der Waals surface area contributed by atoms with Crippen LogP contribution in [0.2, 0.25) is 0 Å². The average molecular weight is 463 g/mol. The number of carbonyl (C=O) groups excluding carboxylic acids is 2. The van der Waals surface area contributed by atoms with E-state index in [1.54, 1.807) is 0 Å². The van der Waals surface area contributed by atoms with Gasteiger partial charge in [-0.25, -0.2) is 4.79 Å². The number of hydrogen-bond acceptors (Lipinski definition) is 4. The molecule has 1 unspecified atom stereocenters. The number of benzene rings is 2. The first-order valence-corrected chi connectivity index (χ1v) is 12.1. The highest BCUT2D eigenvalue weighted by molar-refractivity contribution is 5.87. The van der Waals surface area contributed by atoms with Crippen molar-refractivity contribution in [3.05, 3.63) is 59.7 Å². The quantitative estimate of drug-likeness (QED) is 0.545. The highest BCUT2D eigenvalue weighted by Gasteiger charge is 2.46. The molecule has 2 aromatic rings. The predicted molar refractivity (Wildman–Crippen MR) is 126 cm³/mol. The molecule has 0 aromatic heterocycles. The molecular weight excluding hydrogens is 432 g/mol. The number of hydrogen-bond donors (Lipinski definition) is 3. The first-order chi connectivity index (χ1) is 16.4. The van der Waals surface area contributed by atoms with E-state index < -0.39 is 18.1 Å². The Kier molecular flexibility index (Phi) is 6.02. The van der Waals surface area contributed by atoms with Crippen LogP contribution in [0.1, 0.15) is 62.0 Å². The Morgan fingerprint density at radius 1 is 1.00 bits per heavy atom. The number of carboxylic acids is 1. The summed E-state index contributed by atoms with van der Waals surface area (Å²) in [4.78, 5) is 36.9. The number of aliphatic carboxylic acids is 1. The number of ether oxygens (including phenoxy) is 1. The van der Waals surface area contributed by atoms with Gasteiger partial charge in [-0.1, -0.05) is 48.5 Å². The molecule has 5 rings (SSSR count). The Morgan fingerprint density at radius 2 is 1.62 bits per heavy atom. The molecule has 0 aliphatic heterocycles. The Morgan fingerprint density at radius 3 is 2.18 bits per heavy atom. The minimum absolute atomic E-state index is 0.0187. The molecule has 3 N–H and O–H groups in total. The second-order valence-electron chi connectivity index (χ2n) is 9.87. The molecule has 0 radical (unpaired) electrons. The molecule has 2 aromatic carbocycles. The van der Waals surface area contributed by atoms with E-state index in [-0.39, 0.29) is 36.8 Å². The standard InChI is InChI=1S/C27H30N2O5/c30-24(31)10-9-23(25(32)29-27-13-11-17(15-27)12-14-27)28-26(33)34-16-22-20-7-3-1-5-18(20)19-6-2-4-8-21(19)22/h1-8,17,22-23H,9-16H2,(H,28,33)(H,29,32)(H,30,31). The van der Waals surface area contributed by atoms with Gasteiger partial charge in [-0.2, -0.15) is 0 Å². The largest absolute Gasteiger partial charge is 0.481 e. The van der Waals surface area contributed by atoms with Crippen molar-refractivity contribution in [2.45, 2.75) is 62.4 Å². The molecule has 178 valence electrons. The minimum Gasteiger partial charge on any atom is -0.481 e. The molecule has 0 saturated heterocycles. The second kappa shape index (κ2) is 9.12. The summed E-state index contributed by atoms with van der Waals surface area (Å²) in [6.07, 6.45) is 4.18. The van der Waals surface area contributed by atoms with E-state index >= 15 is 0 Å².